The first-order chi connectivity index (χ1) is 6.15. The van der Waals surface area contributed by atoms with E-state index >= 15 is 0 Å². The number of esters is 1. The quantitative estimate of drug-likeness (QED) is 0.420. The Labute approximate surface area is 81.9 Å². The Morgan fingerprint density at radius 1 is 1.54 bits per heavy atom. The lowest BCUT2D eigenvalue weighted by Gasteiger charge is -2.06. The van der Waals surface area contributed by atoms with E-state index in [1.807, 2.05) is 0 Å². The Hall–Kier alpha value is -1.03. The van der Waals surface area contributed by atoms with E-state index in [1.165, 1.54) is 6.08 Å². The number of hydrogen-bond acceptors (Lipinski definition) is 3. The molecule has 4 nitrogen and oxygen atoms in total. The molecule has 0 unspecified atom stereocenters. The summed E-state index contributed by atoms with van der Waals surface area (Å²) in [5.74, 6) is -1.16. The van der Waals surface area contributed by atoms with E-state index in [-0.39, 0.29) is 18.2 Å². The molecule has 0 aromatic carbocycles. The molecular weight excluding hydrogens is 194 g/mol. The second kappa shape index (κ2) is 6.48. The van der Waals surface area contributed by atoms with Crippen molar-refractivity contribution in [3.8, 4) is 0 Å². The molecule has 0 aromatic rings. The van der Waals surface area contributed by atoms with Crippen LogP contribution >= 0.6 is 11.6 Å². The fourth-order valence-electron chi connectivity index (χ4n) is 0.634. The van der Waals surface area contributed by atoms with Gasteiger partial charge in [0.2, 0.25) is 5.91 Å². The highest BCUT2D eigenvalue weighted by molar-refractivity contribution is 6.27. The van der Waals surface area contributed by atoms with E-state index in [0.29, 0.717) is 0 Å². The summed E-state index contributed by atoms with van der Waals surface area (Å²) < 4.78 is 4.68. The third-order valence-electron chi connectivity index (χ3n) is 1.18. The monoisotopic (exact) mass is 205 g/mol. The summed E-state index contributed by atoms with van der Waals surface area (Å²) in [4.78, 5) is 21.9. The fraction of sp³-hybridized carbons (Fsp3) is 0.500. The maximum Gasteiger partial charge on any atom is 0.354 e. The van der Waals surface area contributed by atoms with Gasteiger partial charge in [-0.05, 0) is 13.8 Å². The standard InChI is InChI=1S/C8H12ClNO3/c1-3-6(8(12)13-4-2)10-7(11)5-9/h3H,4-5H2,1-2H3,(H,10,11)/b6-3-. The third-order valence-corrected chi connectivity index (χ3v) is 1.42. The van der Waals surface area contributed by atoms with Crippen LogP contribution in [0.5, 0.6) is 0 Å². The molecule has 5 heteroatoms. The Morgan fingerprint density at radius 3 is 2.54 bits per heavy atom. The van der Waals surface area contributed by atoms with Crippen LogP contribution in [0.3, 0.4) is 0 Å². The van der Waals surface area contributed by atoms with E-state index in [0.717, 1.165) is 0 Å². The van der Waals surface area contributed by atoms with Gasteiger partial charge in [0, 0.05) is 0 Å². The molecular formula is C8H12ClNO3. The average Bonchev–Trinajstić information content (AvgIpc) is 2.14. The molecule has 0 radical (unpaired) electrons. The van der Waals surface area contributed by atoms with Crippen molar-refractivity contribution in [3.05, 3.63) is 11.8 Å². The fourth-order valence-corrected chi connectivity index (χ4v) is 0.700. The topological polar surface area (TPSA) is 55.4 Å². The predicted octanol–water partition coefficient (Wildman–Crippen LogP) is 0.808. The summed E-state index contributed by atoms with van der Waals surface area (Å²) in [7, 11) is 0. The third kappa shape index (κ3) is 4.52. The van der Waals surface area contributed by atoms with Gasteiger partial charge in [0.25, 0.3) is 0 Å². The van der Waals surface area contributed by atoms with Crippen LogP contribution in [0.1, 0.15) is 13.8 Å². The summed E-state index contributed by atoms with van der Waals surface area (Å²) in [5, 5.41) is 2.32. The number of halogens is 1. The maximum atomic E-state index is 11.1. The lowest BCUT2D eigenvalue weighted by atomic mass is 10.4. The van der Waals surface area contributed by atoms with Gasteiger partial charge in [-0.25, -0.2) is 4.79 Å². The molecule has 0 saturated heterocycles. The molecule has 1 amide bonds. The first kappa shape index (κ1) is 12.0. The van der Waals surface area contributed by atoms with Gasteiger partial charge in [-0.1, -0.05) is 6.08 Å². The molecule has 1 N–H and O–H groups in total. The molecule has 0 saturated carbocycles. The zero-order valence-electron chi connectivity index (χ0n) is 7.59. The van der Waals surface area contributed by atoms with Crippen molar-refractivity contribution in [1.29, 1.82) is 0 Å². The normalized spacial score (nSPS) is 10.8. The van der Waals surface area contributed by atoms with Gasteiger partial charge in [-0.3, -0.25) is 4.79 Å². The van der Waals surface area contributed by atoms with Crippen molar-refractivity contribution in [2.24, 2.45) is 0 Å². The molecule has 0 rings (SSSR count). The van der Waals surface area contributed by atoms with Crippen molar-refractivity contribution in [2.75, 3.05) is 12.5 Å². The number of nitrogens with one attached hydrogen (secondary N) is 1. The van der Waals surface area contributed by atoms with Crippen LogP contribution < -0.4 is 5.32 Å². The maximum absolute atomic E-state index is 11.1. The van der Waals surface area contributed by atoms with E-state index < -0.39 is 11.9 Å². The summed E-state index contributed by atoms with van der Waals surface area (Å²) in [6, 6.07) is 0. The smallest absolute Gasteiger partial charge is 0.354 e. The van der Waals surface area contributed by atoms with Gasteiger partial charge in [0.15, 0.2) is 0 Å². The van der Waals surface area contributed by atoms with E-state index in [1.54, 1.807) is 13.8 Å². The zero-order valence-corrected chi connectivity index (χ0v) is 8.35. The van der Waals surface area contributed by atoms with Crippen molar-refractivity contribution in [1.82, 2.24) is 5.32 Å². The largest absolute Gasteiger partial charge is 0.461 e. The van der Waals surface area contributed by atoms with Crippen LogP contribution in [0.25, 0.3) is 0 Å². The first-order valence-corrected chi connectivity index (χ1v) is 4.38. The molecule has 13 heavy (non-hydrogen) atoms. The number of hydrogen-bond donors (Lipinski definition) is 1. The SMILES string of the molecule is C/C=C(\NC(=O)CCl)C(=O)OCC. The highest BCUT2D eigenvalue weighted by Crippen LogP contribution is 1.94. The Kier molecular flexibility index (Phi) is 5.97. The molecule has 0 aromatic heterocycles. The van der Waals surface area contributed by atoms with Crippen molar-refractivity contribution in [2.45, 2.75) is 13.8 Å². The van der Waals surface area contributed by atoms with E-state index in [2.05, 4.69) is 10.1 Å². The van der Waals surface area contributed by atoms with Gasteiger partial charge < -0.3 is 10.1 Å². The Morgan fingerprint density at radius 2 is 2.15 bits per heavy atom. The number of ether oxygens (including phenoxy) is 1. The lowest BCUT2D eigenvalue weighted by molar-refractivity contribution is -0.139. The Balaban J connectivity index is 4.20. The number of amides is 1. The molecule has 0 fully saturated rings. The summed E-state index contributed by atoms with van der Waals surface area (Å²) in [6.07, 6.45) is 1.46. The minimum Gasteiger partial charge on any atom is -0.461 e. The molecule has 0 atom stereocenters. The molecule has 0 heterocycles. The predicted molar refractivity (Wildman–Crippen MR) is 49.3 cm³/mol. The number of carbonyl (C=O) groups excluding carboxylic acids is 2. The van der Waals surface area contributed by atoms with Gasteiger partial charge in [-0.2, -0.15) is 0 Å². The number of allylic oxidation sites excluding steroid dienone is 1. The van der Waals surface area contributed by atoms with Crippen LogP contribution in [0.4, 0.5) is 0 Å². The van der Waals surface area contributed by atoms with E-state index in [9.17, 15) is 9.59 Å². The van der Waals surface area contributed by atoms with Crippen LogP contribution in [0.2, 0.25) is 0 Å². The van der Waals surface area contributed by atoms with Crippen LogP contribution in [0.15, 0.2) is 11.8 Å². The highest BCUT2D eigenvalue weighted by Gasteiger charge is 2.11. The zero-order chi connectivity index (χ0) is 10.3. The van der Waals surface area contributed by atoms with Crippen molar-refractivity contribution >= 4 is 23.5 Å². The van der Waals surface area contributed by atoms with Gasteiger partial charge >= 0.3 is 5.97 Å². The molecule has 0 aliphatic rings. The molecule has 0 spiro atoms. The van der Waals surface area contributed by atoms with Crippen LogP contribution in [-0.4, -0.2) is 24.4 Å². The molecule has 0 bridgehead atoms. The van der Waals surface area contributed by atoms with Crippen LogP contribution in [-0.2, 0) is 14.3 Å². The summed E-state index contributed by atoms with van der Waals surface area (Å²) in [5.41, 5.74) is 0.118. The molecule has 0 aliphatic heterocycles. The molecule has 74 valence electrons. The highest BCUT2D eigenvalue weighted by atomic mass is 35.5. The van der Waals surface area contributed by atoms with Crippen molar-refractivity contribution < 1.29 is 14.3 Å². The minimum absolute atomic E-state index is 0.118. The van der Waals surface area contributed by atoms with Gasteiger partial charge in [0.05, 0.1) is 6.61 Å². The first-order valence-electron chi connectivity index (χ1n) is 3.84. The summed E-state index contributed by atoms with van der Waals surface area (Å²) >= 11 is 5.24. The van der Waals surface area contributed by atoms with E-state index in [4.69, 9.17) is 11.6 Å². The van der Waals surface area contributed by atoms with Crippen LogP contribution in [0, 0.1) is 0 Å². The number of rotatable bonds is 4. The number of carbonyl (C=O) groups is 2. The van der Waals surface area contributed by atoms with Gasteiger partial charge in [0.1, 0.15) is 11.6 Å². The summed E-state index contributed by atoms with van der Waals surface area (Å²) in [6.45, 7) is 3.59. The number of alkyl halides is 1. The van der Waals surface area contributed by atoms with Gasteiger partial charge in [-0.15, -0.1) is 11.6 Å². The lowest BCUT2D eigenvalue weighted by Crippen LogP contribution is -2.29. The molecule has 0 aliphatic carbocycles. The minimum atomic E-state index is -0.552. The second-order valence-corrected chi connectivity index (χ2v) is 2.37. The van der Waals surface area contributed by atoms with Crippen molar-refractivity contribution in [3.63, 3.8) is 0 Å². The Bertz CT molecular complexity index is 225. The second-order valence-electron chi connectivity index (χ2n) is 2.10. The average molecular weight is 206 g/mol.